The first kappa shape index (κ1) is 18.2. The molecule has 0 saturated carbocycles. The van der Waals surface area contributed by atoms with Gasteiger partial charge in [0.25, 0.3) is 0 Å². The highest BCUT2D eigenvalue weighted by Crippen LogP contribution is 2.32. The second kappa shape index (κ2) is 6.94. The Labute approximate surface area is 153 Å². The molecule has 6 nitrogen and oxygen atoms in total. The Morgan fingerprint density at radius 3 is 2.50 bits per heavy atom. The molecule has 3 rings (SSSR count). The summed E-state index contributed by atoms with van der Waals surface area (Å²) in [5.41, 5.74) is 3.67. The molecule has 0 radical (unpaired) electrons. The maximum absolute atomic E-state index is 12.4. The largest absolute Gasteiger partial charge is 0.496 e. The molecule has 1 aromatic carbocycles. The fourth-order valence-corrected chi connectivity index (χ4v) is 2.98. The Morgan fingerprint density at radius 1 is 1.15 bits per heavy atom. The zero-order valence-electron chi connectivity index (χ0n) is 16.2. The second-order valence-corrected chi connectivity index (χ2v) is 7.33. The summed E-state index contributed by atoms with van der Waals surface area (Å²) in [6.07, 6.45) is 1.69. The van der Waals surface area contributed by atoms with Crippen LogP contribution in [0.1, 0.15) is 52.1 Å². The van der Waals surface area contributed by atoms with Crippen LogP contribution in [0.5, 0.6) is 5.75 Å². The average molecular weight is 354 g/mol. The third-order valence-electron chi connectivity index (χ3n) is 4.96. The lowest BCUT2D eigenvalue weighted by molar-refractivity contribution is 0.406. The van der Waals surface area contributed by atoms with Crippen LogP contribution in [0.2, 0.25) is 0 Å². The van der Waals surface area contributed by atoms with Gasteiger partial charge in [0.15, 0.2) is 11.3 Å². The van der Waals surface area contributed by atoms with Gasteiger partial charge in [-0.15, -0.1) is 0 Å². The van der Waals surface area contributed by atoms with E-state index < -0.39 is 0 Å². The lowest BCUT2D eigenvalue weighted by atomic mass is 9.99. The molecule has 1 N–H and O–H groups in total. The molecule has 0 bridgehead atoms. The van der Waals surface area contributed by atoms with E-state index in [4.69, 9.17) is 9.72 Å². The highest BCUT2D eigenvalue weighted by atomic mass is 16.5. The van der Waals surface area contributed by atoms with Crippen LogP contribution >= 0.6 is 0 Å². The summed E-state index contributed by atoms with van der Waals surface area (Å²) in [6, 6.07) is 6.12. The molecule has 0 fully saturated rings. The number of rotatable bonds is 5. The van der Waals surface area contributed by atoms with Crippen molar-refractivity contribution < 1.29 is 4.74 Å². The summed E-state index contributed by atoms with van der Waals surface area (Å²) in [5, 5.41) is 0. The molecule has 26 heavy (non-hydrogen) atoms. The summed E-state index contributed by atoms with van der Waals surface area (Å²) in [7, 11) is 1.65. The SMILES string of the molecule is COc1ccc(C(C)C)cc1-c1cnc2[nH]c(=O)n([C@@H](C)C(C)C)c2n1. The molecule has 3 aromatic rings. The van der Waals surface area contributed by atoms with E-state index in [9.17, 15) is 4.79 Å². The van der Waals surface area contributed by atoms with E-state index in [1.165, 1.54) is 5.56 Å². The summed E-state index contributed by atoms with van der Waals surface area (Å²) in [6.45, 7) is 10.5. The number of methoxy groups -OCH3 is 1. The number of benzene rings is 1. The minimum absolute atomic E-state index is 0.0182. The maximum Gasteiger partial charge on any atom is 0.329 e. The molecular weight excluding hydrogens is 328 g/mol. The Kier molecular flexibility index (Phi) is 4.85. The quantitative estimate of drug-likeness (QED) is 0.747. The van der Waals surface area contributed by atoms with Gasteiger partial charge in [-0.3, -0.25) is 9.55 Å². The van der Waals surface area contributed by atoms with Crippen LogP contribution in [0, 0.1) is 5.92 Å². The van der Waals surface area contributed by atoms with Crippen LogP contribution in [-0.4, -0.2) is 26.6 Å². The van der Waals surface area contributed by atoms with Crippen LogP contribution in [0.3, 0.4) is 0 Å². The maximum atomic E-state index is 12.4. The number of imidazole rings is 1. The fourth-order valence-electron chi connectivity index (χ4n) is 2.98. The first-order chi connectivity index (χ1) is 12.3. The number of ether oxygens (including phenoxy) is 1. The number of H-pyrrole nitrogens is 1. The van der Waals surface area contributed by atoms with Crippen molar-refractivity contribution in [3.8, 4) is 17.0 Å². The number of hydrogen-bond donors (Lipinski definition) is 1. The van der Waals surface area contributed by atoms with Crippen LogP contribution < -0.4 is 10.4 Å². The molecule has 138 valence electrons. The van der Waals surface area contributed by atoms with Crippen molar-refractivity contribution in [2.75, 3.05) is 7.11 Å². The van der Waals surface area contributed by atoms with E-state index in [-0.39, 0.29) is 11.7 Å². The Balaban J connectivity index is 2.23. The average Bonchev–Trinajstić information content (AvgIpc) is 2.95. The summed E-state index contributed by atoms with van der Waals surface area (Å²) in [4.78, 5) is 24.4. The number of nitrogens with one attached hydrogen (secondary N) is 1. The molecule has 0 saturated heterocycles. The lowest BCUT2D eigenvalue weighted by Crippen LogP contribution is -2.24. The Hall–Kier alpha value is -2.63. The first-order valence-corrected chi connectivity index (χ1v) is 8.99. The van der Waals surface area contributed by atoms with Gasteiger partial charge < -0.3 is 4.74 Å². The van der Waals surface area contributed by atoms with Gasteiger partial charge in [-0.05, 0) is 36.5 Å². The van der Waals surface area contributed by atoms with E-state index in [0.29, 0.717) is 28.8 Å². The van der Waals surface area contributed by atoms with Crippen molar-refractivity contribution in [2.45, 2.75) is 46.6 Å². The van der Waals surface area contributed by atoms with Gasteiger partial charge in [-0.2, -0.15) is 0 Å². The molecule has 6 heteroatoms. The highest BCUT2D eigenvalue weighted by molar-refractivity contribution is 5.74. The number of hydrogen-bond acceptors (Lipinski definition) is 4. The van der Waals surface area contributed by atoms with Gasteiger partial charge >= 0.3 is 5.69 Å². The Morgan fingerprint density at radius 2 is 1.88 bits per heavy atom. The van der Waals surface area contributed by atoms with Crippen LogP contribution in [0.25, 0.3) is 22.6 Å². The van der Waals surface area contributed by atoms with Crippen LogP contribution in [0.15, 0.2) is 29.2 Å². The van der Waals surface area contributed by atoms with E-state index in [1.54, 1.807) is 17.9 Å². The minimum Gasteiger partial charge on any atom is -0.496 e. The zero-order chi connectivity index (χ0) is 19.0. The Bertz CT molecular complexity index is 985. The van der Waals surface area contributed by atoms with Crippen molar-refractivity contribution in [1.29, 1.82) is 0 Å². The summed E-state index contributed by atoms with van der Waals surface area (Å²) >= 11 is 0. The number of nitrogens with zero attached hydrogens (tertiary/aromatic N) is 3. The van der Waals surface area contributed by atoms with Gasteiger partial charge in [-0.1, -0.05) is 33.8 Å². The van der Waals surface area contributed by atoms with Crippen molar-refractivity contribution in [2.24, 2.45) is 5.92 Å². The van der Waals surface area contributed by atoms with Crippen molar-refractivity contribution >= 4 is 11.3 Å². The van der Waals surface area contributed by atoms with Gasteiger partial charge in [-0.25, -0.2) is 14.8 Å². The van der Waals surface area contributed by atoms with E-state index in [1.807, 2.05) is 13.0 Å². The molecule has 0 aliphatic heterocycles. The van der Waals surface area contributed by atoms with E-state index in [2.05, 4.69) is 49.8 Å². The van der Waals surface area contributed by atoms with Gasteiger partial charge in [0.2, 0.25) is 0 Å². The molecule has 0 unspecified atom stereocenters. The number of aromatic nitrogens is 4. The minimum atomic E-state index is -0.179. The fraction of sp³-hybridized carbons (Fsp3) is 0.450. The number of fused-ring (bicyclic) bond motifs is 1. The zero-order valence-corrected chi connectivity index (χ0v) is 16.2. The standard InChI is InChI=1S/C20H26N4O2/c1-11(2)13(5)24-19-18(23-20(24)25)21-10-16(22-19)15-9-14(12(3)4)7-8-17(15)26-6/h7-13H,1-6H3,(H,21,23,25)/t13-/m0/s1. The molecule has 0 aliphatic carbocycles. The van der Waals surface area contributed by atoms with Crippen molar-refractivity contribution in [1.82, 2.24) is 19.5 Å². The molecule has 0 aliphatic rings. The molecule has 2 aromatic heterocycles. The first-order valence-electron chi connectivity index (χ1n) is 8.99. The molecular formula is C20H26N4O2. The van der Waals surface area contributed by atoms with Gasteiger partial charge in [0.1, 0.15) is 5.75 Å². The summed E-state index contributed by atoms with van der Waals surface area (Å²) < 4.78 is 7.21. The molecule has 0 spiro atoms. The monoisotopic (exact) mass is 354 g/mol. The highest BCUT2D eigenvalue weighted by Gasteiger charge is 2.19. The normalized spacial score (nSPS) is 12.9. The number of aromatic amines is 1. The smallest absolute Gasteiger partial charge is 0.329 e. The third-order valence-corrected chi connectivity index (χ3v) is 4.96. The van der Waals surface area contributed by atoms with Crippen molar-refractivity contribution in [3.63, 3.8) is 0 Å². The van der Waals surface area contributed by atoms with Crippen LogP contribution in [0.4, 0.5) is 0 Å². The molecule has 2 heterocycles. The summed E-state index contributed by atoms with van der Waals surface area (Å²) in [5.74, 6) is 1.43. The van der Waals surface area contributed by atoms with Gasteiger partial charge in [0, 0.05) is 11.6 Å². The predicted molar refractivity (Wildman–Crippen MR) is 104 cm³/mol. The van der Waals surface area contributed by atoms with Crippen LogP contribution in [-0.2, 0) is 0 Å². The lowest BCUT2D eigenvalue weighted by Gasteiger charge is -2.17. The third kappa shape index (κ3) is 3.11. The van der Waals surface area contributed by atoms with E-state index >= 15 is 0 Å². The molecule has 1 atom stereocenters. The topological polar surface area (TPSA) is 72.8 Å². The second-order valence-electron chi connectivity index (χ2n) is 7.33. The predicted octanol–water partition coefficient (Wildman–Crippen LogP) is 4.14. The van der Waals surface area contributed by atoms with Gasteiger partial charge in [0.05, 0.1) is 19.0 Å². The molecule has 0 amide bonds. The van der Waals surface area contributed by atoms with E-state index in [0.717, 1.165) is 11.3 Å². The van der Waals surface area contributed by atoms with Crippen molar-refractivity contribution in [3.05, 3.63) is 40.4 Å².